The molecule has 3 rings (SSSR count). The van der Waals surface area contributed by atoms with Gasteiger partial charge in [0.05, 0.1) is 17.0 Å². The maximum Gasteiger partial charge on any atom is 0.338 e. The predicted octanol–water partition coefficient (Wildman–Crippen LogP) is 3.80. The molecule has 1 aliphatic heterocycles. The summed E-state index contributed by atoms with van der Waals surface area (Å²) in [6.45, 7) is 2.22. The lowest BCUT2D eigenvalue weighted by Crippen LogP contribution is -2.25. The van der Waals surface area contributed by atoms with Crippen molar-refractivity contribution < 1.29 is 17.9 Å². The van der Waals surface area contributed by atoms with Crippen LogP contribution in [0.25, 0.3) is 0 Å². The Morgan fingerprint density at radius 3 is 2.44 bits per heavy atom. The second-order valence-electron chi connectivity index (χ2n) is 5.86. The van der Waals surface area contributed by atoms with Gasteiger partial charge >= 0.3 is 5.97 Å². The van der Waals surface area contributed by atoms with Gasteiger partial charge in [0.2, 0.25) is 10.0 Å². The van der Waals surface area contributed by atoms with Crippen LogP contribution in [0.3, 0.4) is 0 Å². The van der Waals surface area contributed by atoms with E-state index < -0.39 is 22.1 Å². The highest BCUT2D eigenvalue weighted by Gasteiger charge is 2.28. The molecule has 0 amide bonds. The van der Waals surface area contributed by atoms with Crippen LogP contribution in [0.2, 0.25) is 5.02 Å². The minimum Gasteiger partial charge on any atom is -0.454 e. The maximum absolute atomic E-state index is 12.3. The Balaban J connectivity index is 1.72. The smallest absolute Gasteiger partial charge is 0.338 e. The molecule has 1 unspecified atom stereocenters. The summed E-state index contributed by atoms with van der Waals surface area (Å²) in [7, 11) is -3.23. The monoisotopic (exact) mass is 379 g/mol. The Morgan fingerprint density at radius 2 is 1.84 bits per heavy atom. The van der Waals surface area contributed by atoms with Gasteiger partial charge in [-0.25, -0.2) is 13.2 Å². The number of esters is 1. The van der Waals surface area contributed by atoms with Crippen LogP contribution in [0.1, 0.15) is 35.4 Å². The molecule has 7 heteroatoms. The number of benzene rings is 2. The summed E-state index contributed by atoms with van der Waals surface area (Å²) in [5.74, 6) is -0.324. The van der Waals surface area contributed by atoms with Crippen molar-refractivity contribution in [1.82, 2.24) is 0 Å². The van der Waals surface area contributed by atoms with Crippen LogP contribution in [0, 0.1) is 0 Å². The summed E-state index contributed by atoms with van der Waals surface area (Å²) in [6.07, 6.45) is 0.126. The lowest BCUT2D eigenvalue weighted by molar-refractivity contribution is 0.0338. The molecule has 1 saturated heterocycles. The molecule has 1 fully saturated rings. The summed E-state index contributed by atoms with van der Waals surface area (Å²) >= 11 is 6.12. The molecular formula is C18H18ClNO4S. The van der Waals surface area contributed by atoms with Crippen molar-refractivity contribution in [2.45, 2.75) is 19.4 Å². The molecule has 1 atom stereocenters. The average Bonchev–Trinajstić information content (AvgIpc) is 2.94. The van der Waals surface area contributed by atoms with Crippen molar-refractivity contribution in [1.29, 1.82) is 0 Å². The summed E-state index contributed by atoms with van der Waals surface area (Å²) < 4.78 is 30.7. The molecule has 2 aromatic carbocycles. The highest BCUT2D eigenvalue weighted by atomic mass is 35.5. The number of carbonyl (C=O) groups is 1. The van der Waals surface area contributed by atoms with Gasteiger partial charge in [0.15, 0.2) is 0 Å². The summed E-state index contributed by atoms with van der Waals surface area (Å²) in [6, 6.07) is 13.6. The van der Waals surface area contributed by atoms with Gasteiger partial charge in [-0.05, 0) is 43.7 Å². The molecule has 1 heterocycles. The van der Waals surface area contributed by atoms with Gasteiger partial charge in [0.1, 0.15) is 6.10 Å². The van der Waals surface area contributed by atoms with Crippen LogP contribution >= 0.6 is 11.6 Å². The molecule has 0 aliphatic carbocycles. The zero-order valence-electron chi connectivity index (χ0n) is 13.7. The second-order valence-corrected chi connectivity index (χ2v) is 8.28. The van der Waals surface area contributed by atoms with E-state index in [9.17, 15) is 13.2 Å². The first-order valence-corrected chi connectivity index (χ1v) is 9.93. The van der Waals surface area contributed by atoms with Crippen molar-refractivity contribution in [3.05, 3.63) is 64.7 Å². The van der Waals surface area contributed by atoms with E-state index >= 15 is 0 Å². The summed E-state index contributed by atoms with van der Waals surface area (Å²) in [4.78, 5) is 12.3. The third kappa shape index (κ3) is 3.80. The van der Waals surface area contributed by atoms with Gasteiger partial charge in [-0.1, -0.05) is 29.8 Å². The van der Waals surface area contributed by atoms with Crippen LogP contribution in [0.15, 0.2) is 48.5 Å². The van der Waals surface area contributed by atoms with Crippen LogP contribution in [-0.2, 0) is 14.8 Å². The molecule has 0 bridgehead atoms. The standard InChI is InChI=1S/C18H18ClNO4S/c1-13(16-5-2-3-6-17(16)19)24-18(21)14-7-9-15(10-8-14)20-11-4-12-25(20,22)23/h2-3,5-10,13H,4,11-12H2,1H3. The highest BCUT2D eigenvalue weighted by molar-refractivity contribution is 7.93. The van der Waals surface area contributed by atoms with E-state index in [1.807, 2.05) is 18.2 Å². The number of hydrogen-bond acceptors (Lipinski definition) is 4. The number of nitrogens with zero attached hydrogens (tertiary/aromatic N) is 1. The predicted molar refractivity (Wildman–Crippen MR) is 97.5 cm³/mol. The molecule has 5 nitrogen and oxygen atoms in total. The number of anilines is 1. The fourth-order valence-electron chi connectivity index (χ4n) is 2.79. The third-order valence-corrected chi connectivity index (χ3v) is 6.33. The normalized spacial score (nSPS) is 17.3. The van der Waals surface area contributed by atoms with Crippen molar-refractivity contribution in [2.24, 2.45) is 0 Å². The van der Waals surface area contributed by atoms with E-state index in [0.717, 1.165) is 5.56 Å². The number of halogens is 1. The molecule has 0 radical (unpaired) electrons. The molecule has 0 N–H and O–H groups in total. The topological polar surface area (TPSA) is 63.7 Å². The molecular weight excluding hydrogens is 362 g/mol. The molecule has 0 aromatic heterocycles. The largest absolute Gasteiger partial charge is 0.454 e. The van der Waals surface area contributed by atoms with Crippen LogP contribution in [-0.4, -0.2) is 26.7 Å². The molecule has 25 heavy (non-hydrogen) atoms. The van der Waals surface area contributed by atoms with Crippen LogP contribution in [0.4, 0.5) is 5.69 Å². The first-order valence-electron chi connectivity index (χ1n) is 7.94. The van der Waals surface area contributed by atoms with Crippen LogP contribution < -0.4 is 4.31 Å². The Hall–Kier alpha value is -2.05. The lowest BCUT2D eigenvalue weighted by Gasteiger charge is -2.18. The number of rotatable bonds is 4. The number of sulfonamides is 1. The minimum atomic E-state index is -3.23. The Labute approximate surface area is 152 Å². The summed E-state index contributed by atoms with van der Waals surface area (Å²) in [5.41, 5.74) is 1.66. The number of hydrogen-bond donors (Lipinski definition) is 0. The quantitative estimate of drug-likeness (QED) is 0.758. The first kappa shape index (κ1) is 17.8. The van der Waals surface area contributed by atoms with Gasteiger partial charge < -0.3 is 4.74 Å². The lowest BCUT2D eigenvalue weighted by atomic mass is 10.1. The molecule has 1 aliphatic rings. The fourth-order valence-corrected chi connectivity index (χ4v) is 4.64. The average molecular weight is 380 g/mol. The van der Waals surface area contributed by atoms with Crippen LogP contribution in [0.5, 0.6) is 0 Å². The molecule has 0 spiro atoms. The van der Waals surface area contributed by atoms with Crippen molar-refractivity contribution >= 4 is 33.3 Å². The maximum atomic E-state index is 12.3. The van der Waals surface area contributed by atoms with Gasteiger partial charge in [0.25, 0.3) is 0 Å². The van der Waals surface area contributed by atoms with E-state index in [4.69, 9.17) is 16.3 Å². The van der Waals surface area contributed by atoms with Gasteiger partial charge in [0, 0.05) is 17.1 Å². The first-order chi connectivity index (χ1) is 11.9. The Morgan fingerprint density at radius 1 is 1.16 bits per heavy atom. The fraction of sp³-hybridized carbons (Fsp3) is 0.278. The Bertz CT molecular complexity index is 880. The van der Waals surface area contributed by atoms with Gasteiger partial charge in [-0.15, -0.1) is 0 Å². The SMILES string of the molecule is CC(OC(=O)c1ccc(N2CCCS2(=O)=O)cc1)c1ccccc1Cl. The minimum absolute atomic E-state index is 0.159. The van der Waals surface area contributed by atoms with Crippen molar-refractivity contribution in [2.75, 3.05) is 16.6 Å². The van der Waals surface area contributed by atoms with E-state index in [1.165, 1.54) is 4.31 Å². The summed E-state index contributed by atoms with van der Waals surface area (Å²) in [5, 5.41) is 0.539. The number of ether oxygens (including phenoxy) is 1. The van der Waals surface area contributed by atoms with Gasteiger partial charge in [-0.3, -0.25) is 4.31 Å². The molecule has 132 valence electrons. The van der Waals surface area contributed by atoms with Gasteiger partial charge in [-0.2, -0.15) is 0 Å². The molecule has 2 aromatic rings. The Kier molecular flexibility index (Phi) is 5.01. The number of carbonyl (C=O) groups excluding carboxylic acids is 1. The van der Waals surface area contributed by atoms with Crippen molar-refractivity contribution in [3.8, 4) is 0 Å². The van der Waals surface area contributed by atoms with Crippen molar-refractivity contribution in [3.63, 3.8) is 0 Å². The third-order valence-electron chi connectivity index (χ3n) is 4.12. The second kappa shape index (κ2) is 7.06. The zero-order valence-corrected chi connectivity index (χ0v) is 15.3. The molecule has 0 saturated carbocycles. The van der Waals surface area contributed by atoms with E-state index in [-0.39, 0.29) is 5.75 Å². The van der Waals surface area contributed by atoms with E-state index in [1.54, 1.807) is 37.3 Å². The zero-order chi connectivity index (χ0) is 18.0. The van der Waals surface area contributed by atoms with E-state index in [0.29, 0.717) is 29.2 Å². The van der Waals surface area contributed by atoms with E-state index in [2.05, 4.69) is 0 Å². The highest BCUT2D eigenvalue weighted by Crippen LogP contribution is 2.27.